The number of hydrogen-bond donors (Lipinski definition) is 0. The molecule has 1 saturated heterocycles. The van der Waals surface area contributed by atoms with Crippen LogP contribution in [0.5, 0.6) is 0 Å². The second-order valence-corrected chi connectivity index (χ2v) is 5.92. The average molecular weight is 324 g/mol. The van der Waals surface area contributed by atoms with Gasteiger partial charge in [-0.15, -0.1) is 10.2 Å². The lowest BCUT2D eigenvalue weighted by atomic mass is 10.0. The molecule has 3 rings (SSSR count). The molecule has 1 aliphatic heterocycles. The Morgan fingerprint density at radius 2 is 2.36 bits per heavy atom. The van der Waals surface area contributed by atoms with Gasteiger partial charge in [-0.25, -0.2) is 4.79 Å². The molecule has 0 aromatic carbocycles. The van der Waals surface area contributed by atoms with E-state index in [2.05, 4.69) is 10.2 Å². The van der Waals surface area contributed by atoms with Gasteiger partial charge in [0.15, 0.2) is 5.60 Å². The first-order valence-corrected chi connectivity index (χ1v) is 7.86. The van der Waals surface area contributed by atoms with E-state index in [1.165, 1.54) is 18.9 Å². The standard InChI is InChI=1S/C14H16N2O5S/c1-9-10(4-7-19-9)11-15-16-13(21-11)22-8-14(12(17)18-2)5-3-6-20-14/h4,7H,3,5-6,8H2,1-2H3. The second-order valence-electron chi connectivity index (χ2n) is 4.99. The first kappa shape index (κ1) is 15.1. The first-order valence-electron chi connectivity index (χ1n) is 6.88. The van der Waals surface area contributed by atoms with Gasteiger partial charge in [0.05, 0.1) is 18.9 Å². The van der Waals surface area contributed by atoms with Gasteiger partial charge in [-0.05, 0) is 25.8 Å². The van der Waals surface area contributed by atoms with Crippen LogP contribution >= 0.6 is 11.8 Å². The Morgan fingerprint density at radius 1 is 1.50 bits per heavy atom. The van der Waals surface area contributed by atoms with E-state index >= 15 is 0 Å². The summed E-state index contributed by atoms with van der Waals surface area (Å²) in [6, 6.07) is 1.77. The second kappa shape index (κ2) is 6.13. The smallest absolute Gasteiger partial charge is 0.339 e. The Labute approximate surface area is 131 Å². The number of carbonyl (C=O) groups excluding carboxylic acids is 1. The molecule has 22 heavy (non-hydrogen) atoms. The fraction of sp³-hybridized carbons (Fsp3) is 0.500. The van der Waals surface area contributed by atoms with Crippen molar-refractivity contribution in [2.75, 3.05) is 19.5 Å². The SMILES string of the molecule is COC(=O)C1(CSc2nnc(-c3ccoc3C)o2)CCCO1. The molecule has 0 amide bonds. The van der Waals surface area contributed by atoms with Crippen molar-refractivity contribution in [3.8, 4) is 11.5 Å². The van der Waals surface area contributed by atoms with Crippen LogP contribution in [-0.4, -0.2) is 41.2 Å². The van der Waals surface area contributed by atoms with Gasteiger partial charge in [-0.1, -0.05) is 11.8 Å². The number of aromatic nitrogens is 2. The van der Waals surface area contributed by atoms with Crippen molar-refractivity contribution < 1.29 is 23.1 Å². The third kappa shape index (κ3) is 2.76. The maximum atomic E-state index is 12.0. The third-order valence-electron chi connectivity index (χ3n) is 3.59. The van der Waals surface area contributed by atoms with Crippen molar-refractivity contribution in [2.45, 2.75) is 30.6 Å². The van der Waals surface area contributed by atoms with Gasteiger partial charge in [0, 0.05) is 12.4 Å². The zero-order valence-corrected chi connectivity index (χ0v) is 13.1. The molecule has 2 aromatic rings. The van der Waals surface area contributed by atoms with E-state index in [9.17, 15) is 4.79 Å². The molecule has 1 atom stereocenters. The number of aryl methyl sites for hydroxylation is 1. The van der Waals surface area contributed by atoms with E-state index < -0.39 is 5.60 Å². The van der Waals surface area contributed by atoms with Gasteiger partial charge in [0.1, 0.15) is 5.76 Å². The van der Waals surface area contributed by atoms with Gasteiger partial charge in [0.25, 0.3) is 11.1 Å². The van der Waals surface area contributed by atoms with Gasteiger partial charge in [-0.2, -0.15) is 0 Å². The number of carbonyl (C=O) groups is 1. The fourth-order valence-electron chi connectivity index (χ4n) is 2.38. The Morgan fingerprint density at radius 3 is 3.00 bits per heavy atom. The molecule has 0 radical (unpaired) electrons. The normalized spacial score (nSPS) is 21.2. The van der Waals surface area contributed by atoms with Crippen LogP contribution in [0.15, 0.2) is 26.4 Å². The van der Waals surface area contributed by atoms with Gasteiger partial charge >= 0.3 is 5.97 Å². The highest BCUT2D eigenvalue weighted by Gasteiger charge is 2.44. The lowest BCUT2D eigenvalue weighted by molar-refractivity contribution is -0.161. The topological polar surface area (TPSA) is 87.6 Å². The van der Waals surface area contributed by atoms with E-state index in [-0.39, 0.29) is 5.97 Å². The molecular weight excluding hydrogens is 308 g/mol. The summed E-state index contributed by atoms with van der Waals surface area (Å²) >= 11 is 1.29. The van der Waals surface area contributed by atoms with Gasteiger partial charge < -0.3 is 18.3 Å². The quantitative estimate of drug-likeness (QED) is 0.612. The molecular formula is C14H16N2O5S. The van der Waals surface area contributed by atoms with Crippen LogP contribution in [0.1, 0.15) is 18.6 Å². The number of nitrogens with zero attached hydrogens (tertiary/aromatic N) is 2. The summed E-state index contributed by atoms with van der Waals surface area (Å²) in [6.45, 7) is 2.38. The Balaban J connectivity index is 1.70. The molecule has 0 bridgehead atoms. The fourth-order valence-corrected chi connectivity index (χ4v) is 3.32. The van der Waals surface area contributed by atoms with Crippen molar-refractivity contribution in [3.63, 3.8) is 0 Å². The van der Waals surface area contributed by atoms with E-state index in [0.29, 0.717) is 35.7 Å². The number of furan rings is 1. The number of esters is 1. The summed E-state index contributed by atoms with van der Waals surface area (Å²) in [5.74, 6) is 1.13. The van der Waals surface area contributed by atoms with Crippen molar-refractivity contribution in [1.29, 1.82) is 0 Å². The minimum Gasteiger partial charge on any atom is -0.469 e. The molecule has 118 valence electrons. The molecule has 1 aliphatic rings. The minimum absolute atomic E-state index is 0.358. The maximum absolute atomic E-state index is 12.0. The zero-order valence-electron chi connectivity index (χ0n) is 12.3. The summed E-state index contributed by atoms with van der Waals surface area (Å²) in [4.78, 5) is 12.0. The molecule has 0 saturated carbocycles. The molecule has 0 aliphatic carbocycles. The van der Waals surface area contributed by atoms with E-state index in [4.69, 9.17) is 18.3 Å². The molecule has 0 N–H and O–H groups in total. The van der Waals surface area contributed by atoms with Crippen molar-refractivity contribution in [1.82, 2.24) is 10.2 Å². The minimum atomic E-state index is -0.917. The molecule has 1 unspecified atom stereocenters. The molecule has 2 aromatic heterocycles. The largest absolute Gasteiger partial charge is 0.469 e. The molecule has 1 fully saturated rings. The lowest BCUT2D eigenvalue weighted by Crippen LogP contribution is -2.41. The van der Waals surface area contributed by atoms with E-state index in [1.807, 2.05) is 6.92 Å². The number of methoxy groups -OCH3 is 1. The van der Waals surface area contributed by atoms with Crippen LogP contribution in [0, 0.1) is 6.92 Å². The summed E-state index contributed by atoms with van der Waals surface area (Å²) in [6.07, 6.45) is 3.04. The van der Waals surface area contributed by atoms with Crippen LogP contribution in [0.3, 0.4) is 0 Å². The number of thioether (sulfide) groups is 1. The lowest BCUT2D eigenvalue weighted by Gasteiger charge is -2.23. The number of ether oxygens (including phenoxy) is 2. The predicted molar refractivity (Wildman–Crippen MR) is 77.4 cm³/mol. The van der Waals surface area contributed by atoms with Crippen LogP contribution in [0.4, 0.5) is 0 Å². The first-order chi connectivity index (χ1) is 10.6. The molecule has 8 heteroatoms. The molecule has 0 spiro atoms. The van der Waals surface area contributed by atoms with E-state index in [0.717, 1.165) is 12.0 Å². The van der Waals surface area contributed by atoms with Crippen LogP contribution < -0.4 is 0 Å². The average Bonchev–Trinajstić information content (AvgIpc) is 3.25. The van der Waals surface area contributed by atoms with Crippen LogP contribution in [0.2, 0.25) is 0 Å². The highest BCUT2D eigenvalue weighted by molar-refractivity contribution is 7.99. The molecule has 7 nitrogen and oxygen atoms in total. The molecule has 3 heterocycles. The van der Waals surface area contributed by atoms with E-state index in [1.54, 1.807) is 12.3 Å². The van der Waals surface area contributed by atoms with Crippen molar-refractivity contribution in [2.24, 2.45) is 0 Å². The van der Waals surface area contributed by atoms with Gasteiger partial charge in [0.2, 0.25) is 0 Å². The number of hydrogen-bond acceptors (Lipinski definition) is 8. The summed E-state index contributed by atoms with van der Waals surface area (Å²) in [5, 5.41) is 8.37. The Kier molecular flexibility index (Phi) is 4.21. The van der Waals surface area contributed by atoms with Crippen LogP contribution in [0.25, 0.3) is 11.5 Å². The summed E-state index contributed by atoms with van der Waals surface area (Å²) < 4.78 is 21.3. The summed E-state index contributed by atoms with van der Waals surface area (Å²) in [7, 11) is 1.36. The monoisotopic (exact) mass is 324 g/mol. The van der Waals surface area contributed by atoms with Crippen molar-refractivity contribution in [3.05, 3.63) is 18.1 Å². The third-order valence-corrected chi connectivity index (χ3v) is 4.61. The number of rotatable bonds is 5. The zero-order chi connectivity index (χ0) is 15.6. The van der Waals surface area contributed by atoms with Gasteiger partial charge in [-0.3, -0.25) is 0 Å². The highest BCUT2D eigenvalue weighted by Crippen LogP contribution is 2.34. The maximum Gasteiger partial charge on any atom is 0.339 e. The highest BCUT2D eigenvalue weighted by atomic mass is 32.2. The van der Waals surface area contributed by atoms with Crippen LogP contribution in [-0.2, 0) is 14.3 Å². The predicted octanol–water partition coefficient (Wildman–Crippen LogP) is 2.45. The Bertz CT molecular complexity index is 660. The van der Waals surface area contributed by atoms with Crippen molar-refractivity contribution >= 4 is 17.7 Å². The Hall–Kier alpha value is -1.80. The summed E-state index contributed by atoms with van der Waals surface area (Å²) in [5.41, 5.74) is -0.154.